The van der Waals surface area contributed by atoms with E-state index in [-0.39, 0.29) is 17.1 Å². The Hall–Kier alpha value is -3.58. The number of Topliss-reactive ketones (excluding diaryl/α,β-unsaturated/α-hetero) is 1. The van der Waals surface area contributed by atoms with Gasteiger partial charge in [-0.25, -0.2) is 0 Å². The topological polar surface area (TPSA) is 81.1 Å². The predicted octanol–water partition coefficient (Wildman–Crippen LogP) is 5.94. The molecule has 3 aromatic carbocycles. The molecule has 1 aliphatic heterocycles. The summed E-state index contributed by atoms with van der Waals surface area (Å²) in [5.41, 5.74) is 3.36. The highest BCUT2D eigenvalue weighted by Crippen LogP contribution is 2.43. The molecule has 3 aromatic rings. The molecule has 1 amide bonds. The van der Waals surface area contributed by atoms with Gasteiger partial charge in [0.15, 0.2) is 0 Å². The van der Waals surface area contributed by atoms with E-state index in [1.165, 1.54) is 17.0 Å². The molecule has 1 fully saturated rings. The number of benzene rings is 3. The second-order valence-electron chi connectivity index (χ2n) is 8.42. The molecule has 35 heavy (non-hydrogen) atoms. The molecule has 0 radical (unpaired) electrons. The largest absolute Gasteiger partial charge is 0.508 e. The van der Waals surface area contributed by atoms with Crippen molar-refractivity contribution in [1.29, 1.82) is 0 Å². The smallest absolute Gasteiger partial charge is 0.300 e. The number of aromatic hydroxyl groups is 1. The molecule has 1 aliphatic rings. The number of amides is 1. The number of hydrogen-bond acceptors (Lipinski definition) is 5. The standard InChI is InChI=1S/C28H27BrN2O4/c1-4-30(5-2)20-10-12-21(13-11-20)31-25(18-7-6-8-22(32)16-18)24(27(34)28(31)35)26(33)19-9-14-23(29)17(3)15-19/h6-16,25,32-33H,4-5H2,1-3H3/b26-24-. The van der Waals surface area contributed by atoms with Crippen LogP contribution in [0.3, 0.4) is 0 Å². The molecule has 1 saturated heterocycles. The van der Waals surface area contributed by atoms with Gasteiger partial charge < -0.3 is 15.1 Å². The van der Waals surface area contributed by atoms with Crippen LogP contribution in [0, 0.1) is 6.92 Å². The first kappa shape index (κ1) is 24.5. The van der Waals surface area contributed by atoms with Gasteiger partial charge in [0, 0.05) is 34.5 Å². The van der Waals surface area contributed by atoms with E-state index < -0.39 is 17.7 Å². The van der Waals surface area contributed by atoms with Gasteiger partial charge in [-0.15, -0.1) is 0 Å². The van der Waals surface area contributed by atoms with Gasteiger partial charge in [0.1, 0.15) is 11.5 Å². The van der Waals surface area contributed by atoms with Crippen molar-refractivity contribution in [1.82, 2.24) is 0 Å². The number of aliphatic hydroxyl groups is 1. The van der Waals surface area contributed by atoms with Crippen molar-refractivity contribution >= 4 is 44.8 Å². The molecule has 7 heteroatoms. The third-order valence-corrected chi connectivity index (χ3v) is 7.21. The zero-order valence-corrected chi connectivity index (χ0v) is 21.4. The van der Waals surface area contributed by atoms with E-state index in [0.717, 1.165) is 28.8 Å². The maximum absolute atomic E-state index is 13.3. The lowest BCUT2D eigenvalue weighted by atomic mass is 9.94. The minimum absolute atomic E-state index is 0.00413. The molecule has 4 rings (SSSR count). The van der Waals surface area contributed by atoms with Crippen LogP contribution in [-0.2, 0) is 9.59 Å². The lowest BCUT2D eigenvalue weighted by molar-refractivity contribution is -0.132. The summed E-state index contributed by atoms with van der Waals surface area (Å²) in [6.45, 7) is 7.71. The second-order valence-corrected chi connectivity index (χ2v) is 9.27. The van der Waals surface area contributed by atoms with Crippen LogP contribution in [0.2, 0.25) is 0 Å². The molecule has 0 saturated carbocycles. The summed E-state index contributed by atoms with van der Waals surface area (Å²) in [5, 5.41) is 21.4. The predicted molar refractivity (Wildman–Crippen MR) is 142 cm³/mol. The highest BCUT2D eigenvalue weighted by molar-refractivity contribution is 9.10. The normalized spacial score (nSPS) is 17.1. The van der Waals surface area contributed by atoms with E-state index in [2.05, 4.69) is 34.7 Å². The van der Waals surface area contributed by atoms with Crippen LogP contribution in [0.1, 0.15) is 36.6 Å². The van der Waals surface area contributed by atoms with Crippen molar-refractivity contribution in [2.24, 2.45) is 0 Å². The van der Waals surface area contributed by atoms with Gasteiger partial charge in [0.2, 0.25) is 0 Å². The van der Waals surface area contributed by atoms with Crippen LogP contribution in [0.4, 0.5) is 11.4 Å². The molecule has 1 heterocycles. The molecule has 6 nitrogen and oxygen atoms in total. The monoisotopic (exact) mass is 534 g/mol. The molecule has 0 aliphatic carbocycles. The number of carbonyl (C=O) groups excluding carboxylic acids is 2. The number of hydrogen-bond donors (Lipinski definition) is 2. The van der Waals surface area contributed by atoms with Crippen LogP contribution in [-0.4, -0.2) is 35.0 Å². The Morgan fingerprint density at radius 2 is 1.69 bits per heavy atom. The summed E-state index contributed by atoms with van der Waals surface area (Å²) in [4.78, 5) is 30.2. The number of anilines is 2. The Morgan fingerprint density at radius 3 is 2.29 bits per heavy atom. The average molecular weight is 535 g/mol. The first-order valence-electron chi connectivity index (χ1n) is 11.5. The van der Waals surface area contributed by atoms with Gasteiger partial charge in [-0.05, 0) is 80.4 Å². The van der Waals surface area contributed by atoms with Crippen molar-refractivity contribution in [3.8, 4) is 5.75 Å². The second kappa shape index (κ2) is 9.96. The van der Waals surface area contributed by atoms with Gasteiger partial charge >= 0.3 is 0 Å². The quantitative estimate of drug-likeness (QED) is 0.232. The third-order valence-electron chi connectivity index (χ3n) is 6.32. The van der Waals surface area contributed by atoms with Crippen molar-refractivity contribution in [3.63, 3.8) is 0 Å². The summed E-state index contributed by atoms with van der Waals surface area (Å²) in [6.07, 6.45) is 0. The zero-order chi connectivity index (χ0) is 25.3. The maximum Gasteiger partial charge on any atom is 0.300 e. The minimum atomic E-state index is -0.898. The van der Waals surface area contributed by atoms with E-state index in [1.807, 2.05) is 19.1 Å². The summed E-state index contributed by atoms with van der Waals surface area (Å²) >= 11 is 3.45. The van der Waals surface area contributed by atoms with Gasteiger partial charge in [-0.2, -0.15) is 0 Å². The fraction of sp³-hybridized carbons (Fsp3) is 0.214. The highest BCUT2D eigenvalue weighted by atomic mass is 79.9. The number of carbonyl (C=O) groups is 2. The molecule has 0 aromatic heterocycles. The number of nitrogens with zero attached hydrogens (tertiary/aromatic N) is 2. The molecule has 0 bridgehead atoms. The first-order chi connectivity index (χ1) is 16.8. The van der Waals surface area contributed by atoms with Crippen molar-refractivity contribution in [3.05, 3.63) is 93.5 Å². The summed E-state index contributed by atoms with van der Waals surface area (Å²) in [6, 6.07) is 18.2. The van der Waals surface area contributed by atoms with E-state index in [1.54, 1.807) is 42.5 Å². The lowest BCUT2D eigenvalue weighted by Gasteiger charge is -2.27. The van der Waals surface area contributed by atoms with Crippen LogP contribution < -0.4 is 9.80 Å². The Balaban J connectivity index is 1.89. The zero-order valence-electron chi connectivity index (χ0n) is 19.8. The summed E-state index contributed by atoms with van der Waals surface area (Å²) in [5.74, 6) is -1.76. The molecular weight excluding hydrogens is 508 g/mol. The molecule has 0 spiro atoms. The van der Waals surface area contributed by atoms with E-state index in [9.17, 15) is 19.8 Å². The fourth-order valence-corrected chi connectivity index (χ4v) is 4.72. The van der Waals surface area contributed by atoms with Gasteiger partial charge in [-0.1, -0.05) is 34.1 Å². The van der Waals surface area contributed by atoms with E-state index in [4.69, 9.17) is 0 Å². The lowest BCUT2D eigenvalue weighted by Crippen LogP contribution is -2.29. The van der Waals surface area contributed by atoms with E-state index >= 15 is 0 Å². The Kier molecular flexibility index (Phi) is 6.98. The number of phenolic OH excluding ortho intramolecular Hbond substituents is 1. The number of aryl methyl sites for hydroxylation is 1. The Morgan fingerprint density at radius 1 is 1.00 bits per heavy atom. The van der Waals surface area contributed by atoms with Crippen LogP contribution in [0.15, 0.2) is 76.8 Å². The average Bonchev–Trinajstić information content (AvgIpc) is 3.12. The molecular formula is C28H27BrN2O4. The highest BCUT2D eigenvalue weighted by Gasteiger charge is 2.47. The van der Waals surface area contributed by atoms with Crippen LogP contribution >= 0.6 is 15.9 Å². The molecule has 1 unspecified atom stereocenters. The van der Waals surface area contributed by atoms with Gasteiger partial charge in [0.05, 0.1) is 11.6 Å². The summed E-state index contributed by atoms with van der Waals surface area (Å²) in [7, 11) is 0. The Labute approximate surface area is 213 Å². The van der Waals surface area contributed by atoms with Crippen molar-refractivity contribution in [2.45, 2.75) is 26.8 Å². The third kappa shape index (κ3) is 4.56. The molecule has 1 atom stereocenters. The minimum Gasteiger partial charge on any atom is -0.508 e. The van der Waals surface area contributed by atoms with Crippen LogP contribution in [0.5, 0.6) is 5.75 Å². The van der Waals surface area contributed by atoms with Gasteiger partial charge in [-0.3, -0.25) is 14.5 Å². The SMILES string of the molecule is CCN(CC)c1ccc(N2C(=O)C(=O)/C(=C(\O)c3ccc(Br)c(C)c3)C2c2cccc(O)c2)cc1. The number of rotatable bonds is 6. The van der Waals surface area contributed by atoms with Gasteiger partial charge in [0.25, 0.3) is 11.7 Å². The van der Waals surface area contributed by atoms with Crippen molar-refractivity contribution in [2.75, 3.05) is 22.9 Å². The number of phenols is 1. The maximum atomic E-state index is 13.3. The van der Waals surface area contributed by atoms with E-state index in [0.29, 0.717) is 16.8 Å². The Bertz CT molecular complexity index is 1310. The molecule has 180 valence electrons. The number of halogens is 1. The first-order valence-corrected chi connectivity index (χ1v) is 12.3. The number of aliphatic hydroxyl groups excluding tert-OH is 1. The molecule has 2 N–H and O–H groups in total. The fourth-order valence-electron chi connectivity index (χ4n) is 4.47. The van der Waals surface area contributed by atoms with Crippen LogP contribution in [0.25, 0.3) is 5.76 Å². The number of ketones is 1. The van der Waals surface area contributed by atoms with Crippen molar-refractivity contribution < 1.29 is 19.8 Å². The summed E-state index contributed by atoms with van der Waals surface area (Å²) < 4.78 is 0.868.